The maximum atomic E-state index is 12.8. The molecule has 0 radical (unpaired) electrons. The number of nitrogen functional groups attached to an aromatic ring is 1. The summed E-state index contributed by atoms with van der Waals surface area (Å²) in [6, 6.07) is 3.28. The van der Waals surface area contributed by atoms with E-state index in [-0.39, 0.29) is 12.1 Å². The summed E-state index contributed by atoms with van der Waals surface area (Å²) in [4.78, 5) is 0.355. The number of aryl methyl sites for hydroxylation is 2. The summed E-state index contributed by atoms with van der Waals surface area (Å²) >= 11 is 0. The summed E-state index contributed by atoms with van der Waals surface area (Å²) in [6.07, 6.45) is 0.647. The van der Waals surface area contributed by atoms with E-state index in [2.05, 4.69) is 0 Å². The van der Waals surface area contributed by atoms with Crippen molar-refractivity contribution in [2.75, 3.05) is 19.4 Å². The molecule has 6 heteroatoms. The highest BCUT2D eigenvalue weighted by Crippen LogP contribution is 2.29. The Kier molecular flexibility index (Phi) is 4.09. The number of likely N-dealkylation sites (N-methyl/N-ethyl adjacent to an activating group) is 1. The number of hydrogen-bond donors (Lipinski definition) is 1. The first kappa shape index (κ1) is 15.3. The van der Waals surface area contributed by atoms with Crippen molar-refractivity contribution in [3.05, 3.63) is 23.3 Å². The lowest BCUT2D eigenvalue weighted by molar-refractivity contribution is 0.102. The Balaban J connectivity index is 2.45. The van der Waals surface area contributed by atoms with Gasteiger partial charge in [-0.1, -0.05) is 0 Å². The molecular formula is C14H22N2O3S. The Labute approximate surface area is 120 Å². The molecule has 1 aromatic rings. The van der Waals surface area contributed by atoms with Crippen LogP contribution in [0.2, 0.25) is 0 Å². The number of nitrogens with zero attached hydrogens (tertiary/aromatic N) is 1. The molecule has 5 nitrogen and oxygen atoms in total. The molecule has 1 saturated heterocycles. The third kappa shape index (κ3) is 2.55. The molecule has 2 unspecified atom stereocenters. The number of anilines is 1. The van der Waals surface area contributed by atoms with Crippen LogP contribution in [-0.2, 0) is 14.8 Å². The molecule has 1 heterocycles. The number of hydrogen-bond acceptors (Lipinski definition) is 4. The Morgan fingerprint density at radius 1 is 1.30 bits per heavy atom. The van der Waals surface area contributed by atoms with Gasteiger partial charge in [-0.15, -0.1) is 0 Å². The van der Waals surface area contributed by atoms with Crippen molar-refractivity contribution >= 4 is 15.7 Å². The largest absolute Gasteiger partial charge is 0.399 e. The summed E-state index contributed by atoms with van der Waals surface area (Å²) in [5, 5.41) is 0. The average molecular weight is 298 g/mol. The average Bonchev–Trinajstić information content (AvgIpc) is 2.72. The van der Waals surface area contributed by atoms with Crippen molar-refractivity contribution in [1.82, 2.24) is 4.31 Å². The summed E-state index contributed by atoms with van der Waals surface area (Å²) in [5.41, 5.74) is 7.71. The van der Waals surface area contributed by atoms with E-state index in [1.807, 2.05) is 6.92 Å². The highest BCUT2D eigenvalue weighted by molar-refractivity contribution is 7.89. The molecule has 0 aromatic heterocycles. The standard InChI is InChI=1S/C14H22N2O3S/c1-9-7-12(15)8-10(2)14(9)20(17,18)16(4)13-5-6-19-11(13)3/h7-8,11,13H,5-6,15H2,1-4H3. The fraction of sp³-hybridized carbons (Fsp3) is 0.571. The molecule has 1 aliphatic rings. The normalized spacial score (nSPS) is 23.4. The zero-order valence-electron chi connectivity index (χ0n) is 12.4. The van der Waals surface area contributed by atoms with Gasteiger partial charge in [-0.2, -0.15) is 4.31 Å². The summed E-state index contributed by atoms with van der Waals surface area (Å²) in [5.74, 6) is 0. The van der Waals surface area contributed by atoms with Gasteiger partial charge in [0.2, 0.25) is 10.0 Å². The molecule has 2 atom stereocenters. The van der Waals surface area contributed by atoms with Crippen LogP contribution < -0.4 is 5.73 Å². The van der Waals surface area contributed by atoms with Crippen LogP contribution in [0.15, 0.2) is 17.0 Å². The van der Waals surface area contributed by atoms with E-state index in [9.17, 15) is 8.42 Å². The summed E-state index contributed by atoms with van der Waals surface area (Å²) in [6.45, 7) is 6.06. The number of rotatable bonds is 3. The van der Waals surface area contributed by atoms with Gasteiger partial charge in [0, 0.05) is 19.3 Å². The minimum atomic E-state index is -3.54. The van der Waals surface area contributed by atoms with Crippen LogP contribution >= 0.6 is 0 Å². The van der Waals surface area contributed by atoms with E-state index in [1.165, 1.54) is 4.31 Å². The van der Waals surface area contributed by atoms with E-state index < -0.39 is 10.0 Å². The van der Waals surface area contributed by atoms with Gasteiger partial charge in [0.15, 0.2) is 0 Å². The molecule has 2 N–H and O–H groups in total. The first-order chi connectivity index (χ1) is 9.25. The lowest BCUT2D eigenvalue weighted by Gasteiger charge is -2.27. The second kappa shape index (κ2) is 5.35. The Bertz CT molecular complexity index is 590. The van der Waals surface area contributed by atoms with E-state index in [0.29, 0.717) is 28.3 Å². The molecule has 1 fully saturated rings. The number of sulfonamides is 1. The molecule has 1 aromatic carbocycles. The van der Waals surface area contributed by atoms with Crippen molar-refractivity contribution in [1.29, 1.82) is 0 Å². The van der Waals surface area contributed by atoms with E-state index in [4.69, 9.17) is 10.5 Å². The molecule has 0 saturated carbocycles. The van der Waals surface area contributed by atoms with Crippen molar-refractivity contribution in [2.45, 2.75) is 44.2 Å². The SMILES string of the molecule is Cc1cc(N)cc(C)c1S(=O)(=O)N(C)C1CCOC1C. The lowest BCUT2D eigenvalue weighted by atomic mass is 10.1. The van der Waals surface area contributed by atoms with Crippen LogP contribution in [0.4, 0.5) is 5.69 Å². The van der Waals surface area contributed by atoms with Crippen LogP contribution in [0.3, 0.4) is 0 Å². The molecule has 1 aliphatic heterocycles. The zero-order chi connectivity index (χ0) is 15.1. The van der Waals surface area contributed by atoms with Gasteiger partial charge in [-0.25, -0.2) is 8.42 Å². The monoisotopic (exact) mass is 298 g/mol. The second-order valence-electron chi connectivity index (χ2n) is 5.44. The predicted molar refractivity (Wildman–Crippen MR) is 79.1 cm³/mol. The fourth-order valence-electron chi connectivity index (χ4n) is 2.91. The van der Waals surface area contributed by atoms with E-state index in [1.54, 1.807) is 33.0 Å². The molecule has 0 amide bonds. The van der Waals surface area contributed by atoms with Crippen LogP contribution in [0.1, 0.15) is 24.5 Å². The van der Waals surface area contributed by atoms with Crippen molar-refractivity contribution in [2.24, 2.45) is 0 Å². The van der Waals surface area contributed by atoms with Gasteiger partial charge in [0.25, 0.3) is 0 Å². The molecule has 0 aliphatic carbocycles. The molecule has 0 spiro atoms. The summed E-state index contributed by atoms with van der Waals surface area (Å²) < 4.78 is 32.6. The van der Waals surface area contributed by atoms with Crippen LogP contribution in [0.5, 0.6) is 0 Å². The van der Waals surface area contributed by atoms with Crippen molar-refractivity contribution in [3.63, 3.8) is 0 Å². The second-order valence-corrected chi connectivity index (χ2v) is 7.37. The Hall–Kier alpha value is -1.11. The molecule has 20 heavy (non-hydrogen) atoms. The van der Waals surface area contributed by atoms with Crippen LogP contribution in [0.25, 0.3) is 0 Å². The molecule has 2 rings (SSSR count). The predicted octanol–water partition coefficient (Wildman–Crippen LogP) is 1.68. The lowest BCUT2D eigenvalue weighted by Crippen LogP contribution is -2.41. The number of benzene rings is 1. The Morgan fingerprint density at radius 3 is 2.30 bits per heavy atom. The zero-order valence-corrected chi connectivity index (χ0v) is 13.2. The smallest absolute Gasteiger partial charge is 0.243 e. The molecular weight excluding hydrogens is 276 g/mol. The first-order valence-corrected chi connectivity index (χ1v) is 8.15. The Morgan fingerprint density at radius 2 is 1.85 bits per heavy atom. The maximum Gasteiger partial charge on any atom is 0.243 e. The third-order valence-electron chi connectivity index (χ3n) is 3.92. The molecule has 0 bridgehead atoms. The number of nitrogens with two attached hydrogens (primary N) is 1. The van der Waals surface area contributed by atoms with Gasteiger partial charge in [-0.3, -0.25) is 0 Å². The quantitative estimate of drug-likeness (QED) is 0.862. The van der Waals surface area contributed by atoms with Gasteiger partial charge in [0.1, 0.15) is 0 Å². The third-order valence-corrected chi connectivity index (χ3v) is 6.11. The van der Waals surface area contributed by atoms with E-state index >= 15 is 0 Å². The number of ether oxygens (including phenoxy) is 1. The van der Waals surface area contributed by atoms with Gasteiger partial charge >= 0.3 is 0 Å². The van der Waals surface area contributed by atoms with Crippen LogP contribution in [-0.4, -0.2) is 38.5 Å². The van der Waals surface area contributed by atoms with Crippen molar-refractivity contribution in [3.8, 4) is 0 Å². The van der Waals surface area contributed by atoms with E-state index in [0.717, 1.165) is 6.42 Å². The summed E-state index contributed by atoms with van der Waals surface area (Å²) in [7, 11) is -1.91. The van der Waals surface area contributed by atoms with Gasteiger partial charge in [0.05, 0.1) is 17.0 Å². The minimum Gasteiger partial charge on any atom is -0.399 e. The molecule has 112 valence electrons. The topological polar surface area (TPSA) is 72.6 Å². The minimum absolute atomic E-state index is 0.0795. The maximum absolute atomic E-state index is 12.8. The highest BCUT2D eigenvalue weighted by Gasteiger charge is 2.36. The van der Waals surface area contributed by atoms with Gasteiger partial charge in [-0.05, 0) is 50.5 Å². The highest BCUT2D eigenvalue weighted by atomic mass is 32.2. The first-order valence-electron chi connectivity index (χ1n) is 6.71. The fourth-order valence-corrected chi connectivity index (χ4v) is 4.76. The van der Waals surface area contributed by atoms with Crippen molar-refractivity contribution < 1.29 is 13.2 Å². The van der Waals surface area contributed by atoms with Crippen LogP contribution in [0, 0.1) is 13.8 Å². The van der Waals surface area contributed by atoms with Gasteiger partial charge < -0.3 is 10.5 Å².